The minimum Gasteiger partial charge on any atom is -0.463 e. The Labute approximate surface area is 195 Å². The van der Waals surface area contributed by atoms with E-state index in [9.17, 15) is 14.4 Å². The predicted molar refractivity (Wildman–Crippen MR) is 116 cm³/mol. The maximum atomic E-state index is 15.0. The van der Waals surface area contributed by atoms with Crippen molar-refractivity contribution in [1.29, 1.82) is 0 Å². The number of hydrogen-bond donors (Lipinski definition) is 0. The zero-order chi connectivity index (χ0) is 25.2. The molecule has 3 rings (SSSR count). The standard InChI is InChI=1S/C23H27FN2O8/c1-11-7-12(2)18(13(3)8-11)34-21-16(24)9-26(23(29)25-21)22-20(30-6)19(32-15(5)28)17(33-22)10-31-14(4)27/h7-9,17,19-20,22H,10H2,1-6H3. The van der Waals surface area contributed by atoms with Crippen molar-refractivity contribution in [2.75, 3.05) is 13.7 Å². The largest absolute Gasteiger partial charge is 0.463 e. The molecule has 34 heavy (non-hydrogen) atoms. The average molecular weight is 478 g/mol. The van der Waals surface area contributed by atoms with Crippen LogP contribution in [-0.4, -0.2) is 53.5 Å². The third kappa shape index (κ3) is 5.42. The highest BCUT2D eigenvalue weighted by Gasteiger charge is 2.49. The Hall–Kier alpha value is -3.31. The van der Waals surface area contributed by atoms with Crippen molar-refractivity contribution in [3.05, 3.63) is 51.3 Å². The summed E-state index contributed by atoms with van der Waals surface area (Å²) < 4.78 is 43.0. The fourth-order valence-electron chi connectivity index (χ4n) is 3.96. The number of aryl methyl sites for hydroxylation is 3. The number of ether oxygens (including phenoxy) is 5. The molecule has 0 spiro atoms. The van der Waals surface area contributed by atoms with Gasteiger partial charge in [-0.3, -0.25) is 14.2 Å². The Balaban J connectivity index is 1.94. The van der Waals surface area contributed by atoms with Crippen LogP contribution in [0.25, 0.3) is 0 Å². The van der Waals surface area contributed by atoms with Gasteiger partial charge in [-0.15, -0.1) is 0 Å². The van der Waals surface area contributed by atoms with Crippen LogP contribution in [0.4, 0.5) is 4.39 Å². The zero-order valence-electron chi connectivity index (χ0n) is 19.8. The summed E-state index contributed by atoms with van der Waals surface area (Å²) >= 11 is 0. The predicted octanol–water partition coefficient (Wildman–Crippen LogP) is 2.51. The highest BCUT2D eigenvalue weighted by Crippen LogP contribution is 2.34. The molecule has 0 amide bonds. The van der Waals surface area contributed by atoms with Gasteiger partial charge in [0.1, 0.15) is 24.6 Å². The number of halogens is 1. The van der Waals surface area contributed by atoms with Crippen LogP contribution >= 0.6 is 0 Å². The van der Waals surface area contributed by atoms with Gasteiger partial charge in [-0.1, -0.05) is 17.7 Å². The minimum atomic E-state index is -1.21. The molecular formula is C23H27FN2O8. The topological polar surface area (TPSA) is 115 Å². The van der Waals surface area contributed by atoms with E-state index in [0.717, 1.165) is 27.5 Å². The van der Waals surface area contributed by atoms with E-state index in [1.54, 1.807) is 0 Å². The minimum absolute atomic E-state index is 0.262. The van der Waals surface area contributed by atoms with Crippen LogP contribution in [0.3, 0.4) is 0 Å². The number of benzene rings is 1. The molecule has 0 saturated carbocycles. The molecule has 0 N–H and O–H groups in total. The molecule has 0 radical (unpaired) electrons. The Bertz CT molecular complexity index is 1130. The van der Waals surface area contributed by atoms with Crippen LogP contribution in [-0.2, 0) is 28.5 Å². The van der Waals surface area contributed by atoms with E-state index in [1.807, 2.05) is 32.9 Å². The number of aromatic nitrogens is 2. The molecule has 10 nitrogen and oxygen atoms in total. The van der Waals surface area contributed by atoms with Gasteiger partial charge in [0, 0.05) is 21.0 Å². The van der Waals surface area contributed by atoms with E-state index >= 15 is 4.39 Å². The Morgan fingerprint density at radius 1 is 1.12 bits per heavy atom. The molecule has 184 valence electrons. The molecule has 4 unspecified atom stereocenters. The van der Waals surface area contributed by atoms with Crippen LogP contribution in [0, 0.1) is 26.6 Å². The summed E-state index contributed by atoms with van der Waals surface area (Å²) in [5.74, 6) is -2.21. The number of rotatable bonds is 7. The summed E-state index contributed by atoms with van der Waals surface area (Å²) in [6.07, 6.45) is -3.29. The van der Waals surface area contributed by atoms with Gasteiger partial charge in [-0.2, -0.15) is 9.37 Å². The monoisotopic (exact) mass is 478 g/mol. The maximum absolute atomic E-state index is 15.0. The van der Waals surface area contributed by atoms with Gasteiger partial charge in [0.25, 0.3) is 5.88 Å². The molecule has 1 fully saturated rings. The molecule has 1 aliphatic rings. The van der Waals surface area contributed by atoms with Crippen molar-refractivity contribution in [2.24, 2.45) is 0 Å². The SMILES string of the molecule is COC1C(OC(C)=O)C(COC(C)=O)OC1n1cc(F)c(Oc2c(C)cc(C)cc2C)nc1=O. The van der Waals surface area contributed by atoms with Crippen LogP contribution < -0.4 is 10.4 Å². The second-order valence-corrected chi connectivity index (χ2v) is 8.06. The van der Waals surface area contributed by atoms with Crippen molar-refractivity contribution in [1.82, 2.24) is 9.55 Å². The van der Waals surface area contributed by atoms with E-state index in [-0.39, 0.29) is 6.61 Å². The number of esters is 2. The molecule has 2 heterocycles. The summed E-state index contributed by atoms with van der Waals surface area (Å²) in [6, 6.07) is 3.74. The fraction of sp³-hybridized carbons (Fsp3) is 0.478. The average Bonchev–Trinajstić information content (AvgIpc) is 3.07. The molecule has 11 heteroatoms. The molecule has 1 aliphatic heterocycles. The summed E-state index contributed by atoms with van der Waals surface area (Å²) in [6.45, 7) is 7.68. The van der Waals surface area contributed by atoms with E-state index in [1.165, 1.54) is 21.0 Å². The molecule has 4 atom stereocenters. The van der Waals surface area contributed by atoms with Crippen LogP contribution in [0.5, 0.6) is 11.6 Å². The lowest BCUT2D eigenvalue weighted by molar-refractivity contribution is -0.157. The number of carbonyl (C=O) groups excluding carboxylic acids is 2. The van der Waals surface area contributed by atoms with Gasteiger partial charge in [-0.05, 0) is 31.9 Å². The summed E-state index contributed by atoms with van der Waals surface area (Å²) in [7, 11) is 1.32. The third-order valence-corrected chi connectivity index (χ3v) is 5.26. The Kier molecular flexibility index (Phi) is 7.68. The quantitative estimate of drug-likeness (QED) is 0.554. The van der Waals surface area contributed by atoms with Gasteiger partial charge in [0.15, 0.2) is 12.3 Å². The second kappa shape index (κ2) is 10.3. The van der Waals surface area contributed by atoms with Gasteiger partial charge in [0.2, 0.25) is 5.82 Å². The first kappa shape index (κ1) is 25.3. The highest BCUT2D eigenvalue weighted by atomic mass is 19.1. The van der Waals surface area contributed by atoms with Crippen molar-refractivity contribution in [3.8, 4) is 11.6 Å². The third-order valence-electron chi connectivity index (χ3n) is 5.26. The molecule has 2 aromatic rings. The molecule has 0 aliphatic carbocycles. The number of nitrogens with zero attached hydrogens (tertiary/aromatic N) is 2. The fourth-order valence-corrected chi connectivity index (χ4v) is 3.96. The summed E-state index contributed by atoms with van der Waals surface area (Å²) in [4.78, 5) is 39.4. The second-order valence-electron chi connectivity index (χ2n) is 8.06. The van der Waals surface area contributed by atoms with E-state index in [4.69, 9.17) is 23.7 Å². The first-order valence-corrected chi connectivity index (χ1v) is 10.5. The van der Waals surface area contributed by atoms with Crippen molar-refractivity contribution >= 4 is 11.9 Å². The van der Waals surface area contributed by atoms with Crippen LogP contribution in [0.15, 0.2) is 23.1 Å². The maximum Gasteiger partial charge on any atom is 0.353 e. The van der Waals surface area contributed by atoms with Gasteiger partial charge >= 0.3 is 17.6 Å². The van der Waals surface area contributed by atoms with Crippen molar-refractivity contribution in [2.45, 2.75) is 59.2 Å². The number of carbonyl (C=O) groups is 2. The van der Waals surface area contributed by atoms with E-state index in [2.05, 4.69) is 4.98 Å². The van der Waals surface area contributed by atoms with Gasteiger partial charge < -0.3 is 23.7 Å². The molecule has 1 aromatic carbocycles. The van der Waals surface area contributed by atoms with Crippen molar-refractivity contribution in [3.63, 3.8) is 0 Å². The summed E-state index contributed by atoms with van der Waals surface area (Å²) in [5, 5.41) is 0. The first-order valence-electron chi connectivity index (χ1n) is 10.5. The molecule has 0 bridgehead atoms. The number of hydrogen-bond acceptors (Lipinski definition) is 9. The van der Waals surface area contributed by atoms with E-state index < -0.39 is 53.9 Å². The normalized spacial score (nSPS) is 21.9. The van der Waals surface area contributed by atoms with Gasteiger partial charge in [-0.25, -0.2) is 4.79 Å². The lowest BCUT2D eigenvalue weighted by Gasteiger charge is -2.23. The molecular weight excluding hydrogens is 451 g/mol. The molecule has 1 saturated heterocycles. The van der Waals surface area contributed by atoms with Crippen LogP contribution in [0.2, 0.25) is 0 Å². The summed E-state index contributed by atoms with van der Waals surface area (Å²) in [5.41, 5.74) is 1.67. The smallest absolute Gasteiger partial charge is 0.353 e. The van der Waals surface area contributed by atoms with Crippen LogP contribution in [0.1, 0.15) is 36.8 Å². The zero-order valence-corrected chi connectivity index (χ0v) is 19.8. The lowest BCUT2D eigenvalue weighted by atomic mass is 10.1. The van der Waals surface area contributed by atoms with Gasteiger partial charge in [0.05, 0.1) is 6.20 Å². The highest BCUT2D eigenvalue weighted by molar-refractivity contribution is 5.66. The van der Waals surface area contributed by atoms with E-state index in [0.29, 0.717) is 5.75 Å². The Morgan fingerprint density at radius 3 is 2.32 bits per heavy atom. The number of methoxy groups -OCH3 is 1. The lowest BCUT2D eigenvalue weighted by Crippen LogP contribution is -2.40. The molecule has 1 aromatic heterocycles. The Morgan fingerprint density at radius 2 is 1.76 bits per heavy atom. The van der Waals surface area contributed by atoms with Crippen molar-refractivity contribution < 1.29 is 37.7 Å². The first-order chi connectivity index (χ1) is 16.0.